The summed E-state index contributed by atoms with van der Waals surface area (Å²) < 4.78 is 0. The van der Waals surface area contributed by atoms with Gasteiger partial charge in [-0.2, -0.15) is 0 Å². The summed E-state index contributed by atoms with van der Waals surface area (Å²) in [7, 11) is 7.44. The van der Waals surface area contributed by atoms with E-state index < -0.39 is 5.97 Å². The Balaban J connectivity index is 2.57. The summed E-state index contributed by atoms with van der Waals surface area (Å²) in [6.07, 6.45) is 0. The lowest BCUT2D eigenvalue weighted by molar-refractivity contribution is 0.0697. The number of benzene rings is 1. The first kappa shape index (κ1) is 17.0. The summed E-state index contributed by atoms with van der Waals surface area (Å²) >= 11 is 0. The van der Waals surface area contributed by atoms with Crippen LogP contribution in [0, 0.1) is 0 Å². The highest BCUT2D eigenvalue weighted by Gasteiger charge is 2.14. The van der Waals surface area contributed by atoms with Gasteiger partial charge in [-0.3, -0.25) is 0 Å². The molecule has 21 heavy (non-hydrogen) atoms. The predicted molar refractivity (Wildman–Crippen MR) is 81.4 cm³/mol. The van der Waals surface area contributed by atoms with Crippen molar-refractivity contribution in [2.75, 3.05) is 41.3 Å². The van der Waals surface area contributed by atoms with Crippen LogP contribution in [-0.4, -0.2) is 73.1 Å². The van der Waals surface area contributed by atoms with Gasteiger partial charge in [0, 0.05) is 33.7 Å². The number of nitrogens with zero attached hydrogens (tertiary/aromatic N) is 3. The van der Waals surface area contributed by atoms with E-state index in [1.54, 1.807) is 48.2 Å². The molecular weight excluding hydrogens is 270 g/mol. The maximum Gasteiger partial charge on any atom is 0.335 e. The molecule has 1 N–H and O–H groups in total. The third-order valence-corrected chi connectivity index (χ3v) is 3.16. The van der Waals surface area contributed by atoms with E-state index in [4.69, 9.17) is 5.11 Å². The molecule has 0 unspecified atom stereocenters. The van der Waals surface area contributed by atoms with Crippen LogP contribution in [0.25, 0.3) is 0 Å². The third-order valence-electron chi connectivity index (χ3n) is 3.16. The number of amides is 2. The minimum Gasteiger partial charge on any atom is -0.478 e. The lowest BCUT2D eigenvalue weighted by atomic mass is 10.1. The van der Waals surface area contributed by atoms with Crippen LogP contribution in [0.15, 0.2) is 24.3 Å². The first-order valence-corrected chi connectivity index (χ1v) is 6.74. The summed E-state index contributed by atoms with van der Waals surface area (Å²) in [5.74, 6) is -0.950. The summed E-state index contributed by atoms with van der Waals surface area (Å²) in [6.45, 7) is 1.92. The smallest absolute Gasteiger partial charge is 0.335 e. The van der Waals surface area contributed by atoms with Gasteiger partial charge in [-0.05, 0) is 31.8 Å². The van der Waals surface area contributed by atoms with E-state index in [1.807, 2.05) is 19.0 Å². The molecule has 0 spiro atoms. The maximum atomic E-state index is 12.2. The molecule has 2 amide bonds. The van der Waals surface area contributed by atoms with E-state index >= 15 is 0 Å². The third kappa shape index (κ3) is 5.43. The van der Waals surface area contributed by atoms with Gasteiger partial charge in [-0.25, -0.2) is 9.59 Å². The molecule has 1 aromatic rings. The molecule has 6 nitrogen and oxygen atoms in total. The standard InChI is InChI=1S/C15H23N3O3/c1-16(2)9-10-17(3)15(21)18(4)11-12-5-7-13(8-6-12)14(19)20/h5-8H,9-11H2,1-4H3,(H,19,20). The second kappa shape index (κ2) is 7.64. The molecule has 0 fully saturated rings. The Labute approximate surface area is 125 Å². The highest BCUT2D eigenvalue weighted by molar-refractivity contribution is 5.87. The SMILES string of the molecule is CN(C)CCN(C)C(=O)N(C)Cc1ccc(C(=O)O)cc1. The first-order chi connectivity index (χ1) is 9.81. The average Bonchev–Trinajstić information content (AvgIpc) is 2.44. The van der Waals surface area contributed by atoms with Gasteiger partial charge in [0.2, 0.25) is 0 Å². The molecule has 0 aromatic heterocycles. The van der Waals surface area contributed by atoms with Gasteiger partial charge in [0.15, 0.2) is 0 Å². The predicted octanol–water partition coefficient (Wildman–Crippen LogP) is 1.43. The van der Waals surface area contributed by atoms with Crippen molar-refractivity contribution in [3.05, 3.63) is 35.4 Å². The van der Waals surface area contributed by atoms with E-state index in [0.29, 0.717) is 13.1 Å². The number of carbonyl (C=O) groups is 2. The number of hydrogen-bond donors (Lipinski definition) is 1. The molecule has 0 atom stereocenters. The zero-order valence-corrected chi connectivity index (χ0v) is 13.0. The number of hydrogen-bond acceptors (Lipinski definition) is 3. The molecule has 0 bridgehead atoms. The number of carboxylic acid groups (broad SMARTS) is 1. The fourth-order valence-electron chi connectivity index (χ4n) is 1.83. The Morgan fingerprint density at radius 2 is 1.52 bits per heavy atom. The first-order valence-electron chi connectivity index (χ1n) is 6.74. The quantitative estimate of drug-likeness (QED) is 0.862. The number of aromatic carboxylic acids is 1. The van der Waals surface area contributed by atoms with Gasteiger partial charge in [0.1, 0.15) is 0 Å². The zero-order valence-electron chi connectivity index (χ0n) is 13.0. The number of carboxylic acids is 1. The summed E-state index contributed by atoms with van der Waals surface area (Å²) in [5, 5.41) is 8.85. The Morgan fingerprint density at radius 1 is 0.952 bits per heavy atom. The number of carbonyl (C=O) groups excluding carboxylic acids is 1. The zero-order chi connectivity index (χ0) is 16.0. The Bertz CT molecular complexity index is 485. The molecule has 6 heteroatoms. The van der Waals surface area contributed by atoms with Crippen molar-refractivity contribution in [2.45, 2.75) is 6.54 Å². The van der Waals surface area contributed by atoms with E-state index in [9.17, 15) is 9.59 Å². The minimum atomic E-state index is -0.950. The molecule has 0 aliphatic carbocycles. The summed E-state index contributed by atoms with van der Waals surface area (Å²) in [5.41, 5.74) is 1.15. The van der Waals surface area contributed by atoms with E-state index in [-0.39, 0.29) is 11.6 Å². The van der Waals surface area contributed by atoms with Crippen molar-refractivity contribution >= 4 is 12.0 Å². The molecular formula is C15H23N3O3. The molecule has 0 heterocycles. The minimum absolute atomic E-state index is 0.0563. The highest BCUT2D eigenvalue weighted by Crippen LogP contribution is 2.08. The van der Waals surface area contributed by atoms with Crippen LogP contribution in [0.1, 0.15) is 15.9 Å². The second-order valence-electron chi connectivity index (χ2n) is 5.37. The molecule has 1 aromatic carbocycles. The van der Waals surface area contributed by atoms with Crippen LogP contribution in [0.5, 0.6) is 0 Å². The molecule has 1 rings (SSSR count). The van der Waals surface area contributed by atoms with Gasteiger partial charge >= 0.3 is 12.0 Å². The van der Waals surface area contributed by atoms with Gasteiger partial charge in [0.25, 0.3) is 0 Å². The molecule has 0 aliphatic heterocycles. The van der Waals surface area contributed by atoms with Crippen LogP contribution < -0.4 is 0 Å². The molecule has 0 saturated heterocycles. The van der Waals surface area contributed by atoms with Gasteiger partial charge < -0.3 is 19.8 Å². The highest BCUT2D eigenvalue weighted by atomic mass is 16.4. The Kier molecular flexibility index (Phi) is 6.17. The molecule has 116 valence electrons. The lowest BCUT2D eigenvalue weighted by Crippen LogP contribution is -2.41. The van der Waals surface area contributed by atoms with Crippen LogP contribution in [0.4, 0.5) is 4.79 Å². The summed E-state index contributed by atoms with van der Waals surface area (Å²) in [6, 6.07) is 6.50. The Morgan fingerprint density at radius 3 is 2.00 bits per heavy atom. The average molecular weight is 293 g/mol. The van der Waals surface area contributed by atoms with Crippen molar-refractivity contribution in [2.24, 2.45) is 0 Å². The van der Waals surface area contributed by atoms with Gasteiger partial charge in [-0.15, -0.1) is 0 Å². The van der Waals surface area contributed by atoms with Crippen molar-refractivity contribution in [3.8, 4) is 0 Å². The van der Waals surface area contributed by atoms with Crippen molar-refractivity contribution < 1.29 is 14.7 Å². The van der Waals surface area contributed by atoms with Gasteiger partial charge in [0.05, 0.1) is 5.56 Å². The molecule has 0 saturated carbocycles. The van der Waals surface area contributed by atoms with Gasteiger partial charge in [-0.1, -0.05) is 12.1 Å². The largest absolute Gasteiger partial charge is 0.478 e. The number of rotatable bonds is 6. The van der Waals surface area contributed by atoms with E-state index in [2.05, 4.69) is 0 Å². The van der Waals surface area contributed by atoms with Crippen LogP contribution in [0.3, 0.4) is 0 Å². The number of urea groups is 1. The Hall–Kier alpha value is -2.08. The van der Waals surface area contributed by atoms with Crippen LogP contribution in [0.2, 0.25) is 0 Å². The fourth-order valence-corrected chi connectivity index (χ4v) is 1.83. The number of likely N-dealkylation sites (N-methyl/N-ethyl adjacent to an activating group) is 2. The van der Waals surface area contributed by atoms with Crippen molar-refractivity contribution in [3.63, 3.8) is 0 Å². The van der Waals surface area contributed by atoms with Crippen molar-refractivity contribution in [1.82, 2.24) is 14.7 Å². The second-order valence-corrected chi connectivity index (χ2v) is 5.37. The molecule has 0 aliphatic rings. The van der Waals surface area contributed by atoms with Crippen LogP contribution >= 0.6 is 0 Å². The van der Waals surface area contributed by atoms with Crippen molar-refractivity contribution in [1.29, 1.82) is 0 Å². The fraction of sp³-hybridized carbons (Fsp3) is 0.467. The van der Waals surface area contributed by atoms with E-state index in [1.165, 1.54) is 0 Å². The monoisotopic (exact) mass is 293 g/mol. The summed E-state index contributed by atoms with van der Waals surface area (Å²) in [4.78, 5) is 28.3. The normalized spacial score (nSPS) is 10.5. The van der Waals surface area contributed by atoms with E-state index in [0.717, 1.165) is 12.1 Å². The molecule has 0 radical (unpaired) electrons. The topological polar surface area (TPSA) is 64.1 Å². The lowest BCUT2D eigenvalue weighted by Gasteiger charge is -2.26. The van der Waals surface area contributed by atoms with Crippen LogP contribution in [-0.2, 0) is 6.54 Å². The maximum absolute atomic E-state index is 12.2.